The molecule has 0 spiro atoms. The number of rotatable bonds is 4. The lowest BCUT2D eigenvalue weighted by molar-refractivity contribution is 0.409. The van der Waals surface area contributed by atoms with Gasteiger partial charge in [-0.3, -0.25) is 9.13 Å². The second-order valence-corrected chi connectivity index (χ2v) is 7.77. The van der Waals surface area contributed by atoms with Gasteiger partial charge in [-0.05, 0) is 43.4 Å². The lowest BCUT2D eigenvalue weighted by Crippen LogP contribution is -2.19. The Morgan fingerprint density at radius 1 is 1.04 bits per heavy atom. The first-order valence-electron chi connectivity index (χ1n) is 9.32. The summed E-state index contributed by atoms with van der Waals surface area (Å²) in [4.78, 5) is 16.9. The van der Waals surface area contributed by atoms with Crippen molar-refractivity contribution in [3.05, 3.63) is 52.0 Å². The summed E-state index contributed by atoms with van der Waals surface area (Å²) in [5, 5.41) is 0. The molecule has 130 valence electrons. The minimum atomic E-state index is 0.0284. The molecule has 2 aromatic heterocycles. The maximum Gasteiger partial charge on any atom is 0.328 e. The molecule has 5 nitrogen and oxygen atoms in total. The van der Waals surface area contributed by atoms with Gasteiger partial charge in [0.25, 0.3) is 0 Å². The van der Waals surface area contributed by atoms with Gasteiger partial charge >= 0.3 is 5.69 Å². The van der Waals surface area contributed by atoms with Crippen LogP contribution in [0.3, 0.4) is 0 Å². The number of nitrogens with zero attached hydrogens (tertiary/aromatic N) is 4. The van der Waals surface area contributed by atoms with Crippen molar-refractivity contribution in [2.45, 2.75) is 50.5 Å². The summed E-state index contributed by atoms with van der Waals surface area (Å²) in [6.45, 7) is 0.838. The van der Waals surface area contributed by atoms with Gasteiger partial charge in [0.2, 0.25) is 0 Å². The number of fused-ring (bicyclic) bond motifs is 1. The highest BCUT2D eigenvalue weighted by molar-refractivity contribution is 5.76. The van der Waals surface area contributed by atoms with E-state index >= 15 is 0 Å². The third-order valence-corrected chi connectivity index (χ3v) is 6.05. The largest absolute Gasteiger partial charge is 0.330 e. The lowest BCUT2D eigenvalue weighted by Gasteiger charge is -2.25. The summed E-state index contributed by atoms with van der Waals surface area (Å²) in [5.41, 5.74) is 6.08. The minimum absolute atomic E-state index is 0.0284. The number of hydrogen-bond donors (Lipinski definition) is 0. The zero-order valence-electron chi connectivity index (χ0n) is 14.9. The van der Waals surface area contributed by atoms with Crippen molar-refractivity contribution < 1.29 is 0 Å². The quantitative estimate of drug-likeness (QED) is 0.734. The predicted octanol–water partition coefficient (Wildman–Crippen LogP) is 3.27. The van der Waals surface area contributed by atoms with Crippen LogP contribution in [-0.2, 0) is 20.6 Å². The Hall–Kier alpha value is -2.30. The van der Waals surface area contributed by atoms with Crippen molar-refractivity contribution in [1.82, 2.24) is 18.7 Å². The smallest absolute Gasteiger partial charge is 0.328 e. The van der Waals surface area contributed by atoms with Crippen molar-refractivity contribution in [2.24, 2.45) is 14.1 Å². The van der Waals surface area contributed by atoms with Gasteiger partial charge in [0, 0.05) is 38.2 Å². The number of aromatic nitrogens is 4. The molecule has 2 aliphatic carbocycles. The van der Waals surface area contributed by atoms with E-state index in [1.807, 2.05) is 20.4 Å². The van der Waals surface area contributed by atoms with Crippen LogP contribution in [0, 0.1) is 0 Å². The first kappa shape index (κ1) is 15.0. The fourth-order valence-corrected chi connectivity index (χ4v) is 4.18. The molecule has 2 aliphatic rings. The van der Waals surface area contributed by atoms with Crippen molar-refractivity contribution in [1.29, 1.82) is 0 Å². The first-order chi connectivity index (χ1) is 12.1. The van der Waals surface area contributed by atoms with Crippen LogP contribution in [0.25, 0.3) is 11.0 Å². The van der Waals surface area contributed by atoms with Gasteiger partial charge in [-0.2, -0.15) is 0 Å². The van der Waals surface area contributed by atoms with Gasteiger partial charge < -0.3 is 4.57 Å². The SMILES string of the molecule is Cn1c(=O)n(C)c2cc(Cn3cnc(C4CCC4)c3C3CC3)ccc21. The summed E-state index contributed by atoms with van der Waals surface area (Å²) < 4.78 is 5.79. The van der Waals surface area contributed by atoms with Gasteiger partial charge in [0.15, 0.2) is 0 Å². The molecule has 0 atom stereocenters. The Morgan fingerprint density at radius 2 is 1.80 bits per heavy atom. The molecule has 0 aliphatic heterocycles. The van der Waals surface area contributed by atoms with Crippen molar-refractivity contribution in [2.75, 3.05) is 0 Å². The molecule has 3 aromatic rings. The summed E-state index contributed by atoms with van der Waals surface area (Å²) in [5.74, 6) is 1.40. The monoisotopic (exact) mass is 336 g/mol. The molecule has 0 radical (unpaired) electrons. The molecular weight excluding hydrogens is 312 g/mol. The summed E-state index contributed by atoms with van der Waals surface area (Å²) in [6, 6.07) is 6.35. The third kappa shape index (κ3) is 2.29. The number of benzene rings is 1. The van der Waals surface area contributed by atoms with Gasteiger partial charge in [0.1, 0.15) is 0 Å². The third-order valence-electron chi connectivity index (χ3n) is 6.05. The second kappa shape index (κ2) is 5.35. The summed E-state index contributed by atoms with van der Waals surface area (Å²) in [6.07, 6.45) is 8.59. The first-order valence-corrected chi connectivity index (χ1v) is 9.32. The molecule has 2 heterocycles. The molecule has 0 N–H and O–H groups in total. The molecule has 1 aromatic carbocycles. The number of imidazole rings is 2. The van der Waals surface area contributed by atoms with Crippen LogP contribution < -0.4 is 5.69 Å². The predicted molar refractivity (Wildman–Crippen MR) is 98.1 cm³/mol. The van der Waals surface area contributed by atoms with E-state index < -0.39 is 0 Å². The standard InChI is InChI=1S/C20H24N4O/c1-22-16-9-6-13(10-17(16)23(2)20(22)25)11-24-12-21-18(14-4-3-5-14)19(24)15-7-8-15/h6,9-10,12,14-15H,3-5,7-8,11H2,1-2H3. The topological polar surface area (TPSA) is 44.8 Å². The average molecular weight is 336 g/mol. The van der Waals surface area contributed by atoms with Crippen LogP contribution in [0.1, 0.15) is 60.9 Å². The van der Waals surface area contributed by atoms with Crippen molar-refractivity contribution in [3.8, 4) is 0 Å². The molecular formula is C20H24N4O. The minimum Gasteiger partial charge on any atom is -0.330 e. The molecule has 0 unspecified atom stereocenters. The fourth-order valence-electron chi connectivity index (χ4n) is 4.18. The molecule has 25 heavy (non-hydrogen) atoms. The van der Waals surface area contributed by atoms with Crippen molar-refractivity contribution in [3.63, 3.8) is 0 Å². The van der Waals surface area contributed by atoms with E-state index in [1.165, 1.54) is 49.1 Å². The van der Waals surface area contributed by atoms with E-state index in [9.17, 15) is 4.79 Å². The van der Waals surface area contributed by atoms with Crippen LogP contribution in [0.4, 0.5) is 0 Å². The average Bonchev–Trinajstić information content (AvgIpc) is 3.29. The molecule has 5 heteroatoms. The second-order valence-electron chi connectivity index (χ2n) is 7.77. The van der Waals surface area contributed by atoms with Crippen LogP contribution in [-0.4, -0.2) is 18.7 Å². The molecule has 0 amide bonds. The Kier molecular flexibility index (Phi) is 3.21. The summed E-state index contributed by atoms with van der Waals surface area (Å²) in [7, 11) is 3.67. The Bertz CT molecular complexity index is 1010. The van der Waals surface area contributed by atoms with E-state index in [2.05, 4.69) is 22.8 Å². The van der Waals surface area contributed by atoms with Gasteiger partial charge in [-0.25, -0.2) is 9.78 Å². The lowest BCUT2D eigenvalue weighted by atomic mass is 9.81. The number of aryl methyl sites for hydroxylation is 2. The van der Waals surface area contributed by atoms with Crippen LogP contribution in [0.15, 0.2) is 29.3 Å². The molecule has 5 rings (SSSR count). The highest BCUT2D eigenvalue weighted by Crippen LogP contribution is 2.46. The van der Waals surface area contributed by atoms with Crippen LogP contribution in [0.2, 0.25) is 0 Å². The fraction of sp³-hybridized carbons (Fsp3) is 0.500. The zero-order chi connectivity index (χ0) is 17.1. The highest BCUT2D eigenvalue weighted by atomic mass is 16.1. The van der Waals surface area contributed by atoms with E-state index in [0.717, 1.165) is 17.6 Å². The molecule has 0 saturated heterocycles. The Labute approximate surface area is 146 Å². The molecule has 2 saturated carbocycles. The Morgan fingerprint density at radius 3 is 2.48 bits per heavy atom. The zero-order valence-corrected chi connectivity index (χ0v) is 14.9. The maximum absolute atomic E-state index is 12.1. The van der Waals surface area contributed by atoms with E-state index in [-0.39, 0.29) is 5.69 Å². The van der Waals surface area contributed by atoms with E-state index in [4.69, 9.17) is 4.98 Å². The maximum atomic E-state index is 12.1. The van der Waals surface area contributed by atoms with Crippen molar-refractivity contribution >= 4 is 11.0 Å². The van der Waals surface area contributed by atoms with Gasteiger partial charge in [0.05, 0.1) is 23.1 Å². The Balaban J connectivity index is 1.53. The van der Waals surface area contributed by atoms with E-state index in [0.29, 0.717) is 11.8 Å². The van der Waals surface area contributed by atoms with Crippen LogP contribution >= 0.6 is 0 Å². The highest BCUT2D eigenvalue weighted by Gasteiger charge is 2.34. The summed E-state index contributed by atoms with van der Waals surface area (Å²) >= 11 is 0. The van der Waals surface area contributed by atoms with E-state index in [1.54, 1.807) is 9.13 Å². The molecule has 0 bridgehead atoms. The molecule has 2 fully saturated rings. The van der Waals surface area contributed by atoms with Gasteiger partial charge in [-0.1, -0.05) is 12.5 Å². The normalized spacial score (nSPS) is 18.0. The number of hydrogen-bond acceptors (Lipinski definition) is 2. The van der Waals surface area contributed by atoms with Gasteiger partial charge in [-0.15, -0.1) is 0 Å². The van der Waals surface area contributed by atoms with Crippen LogP contribution in [0.5, 0.6) is 0 Å².